The Kier molecular flexibility index (Phi) is 5.75. The molecule has 160 valence electrons. The molecular weight excluding hydrogens is 408 g/mol. The third-order valence-corrected chi connectivity index (χ3v) is 5.11. The van der Waals surface area contributed by atoms with Gasteiger partial charge in [-0.3, -0.25) is 14.2 Å². The van der Waals surface area contributed by atoms with E-state index in [4.69, 9.17) is 4.74 Å². The van der Waals surface area contributed by atoms with Gasteiger partial charge in [-0.15, -0.1) is 0 Å². The van der Waals surface area contributed by atoms with Crippen LogP contribution < -0.4 is 10.9 Å². The standard InChI is InChI=1S/C22H19F2N3O4/c23-15-5-4-6-16(24)20(15)26-19(28)12-31-22(30)13-8-9-14-17(11-13)25-18-7-2-1-3-10-27(18)21(14)29/h4-6,8-9,11H,1-3,7,10,12H2,(H,26,28). The molecule has 0 saturated carbocycles. The van der Waals surface area contributed by atoms with Gasteiger partial charge < -0.3 is 10.1 Å². The van der Waals surface area contributed by atoms with Crippen LogP contribution in [0.4, 0.5) is 14.5 Å². The van der Waals surface area contributed by atoms with Crippen LogP contribution in [0.1, 0.15) is 35.4 Å². The zero-order valence-electron chi connectivity index (χ0n) is 16.5. The first-order valence-corrected chi connectivity index (χ1v) is 9.88. The molecule has 1 aromatic heterocycles. The summed E-state index contributed by atoms with van der Waals surface area (Å²) in [5, 5.41) is 2.44. The lowest BCUT2D eigenvalue weighted by molar-refractivity contribution is -0.119. The van der Waals surface area contributed by atoms with E-state index in [2.05, 4.69) is 4.98 Å². The minimum atomic E-state index is -0.939. The van der Waals surface area contributed by atoms with E-state index in [1.165, 1.54) is 24.3 Å². The monoisotopic (exact) mass is 427 g/mol. The third-order valence-electron chi connectivity index (χ3n) is 5.11. The predicted molar refractivity (Wildman–Crippen MR) is 109 cm³/mol. The third kappa shape index (κ3) is 4.30. The van der Waals surface area contributed by atoms with Crippen LogP contribution in [-0.4, -0.2) is 28.0 Å². The number of hydrogen-bond acceptors (Lipinski definition) is 5. The van der Waals surface area contributed by atoms with Gasteiger partial charge in [-0.05, 0) is 43.2 Å². The van der Waals surface area contributed by atoms with Crippen molar-refractivity contribution >= 4 is 28.5 Å². The van der Waals surface area contributed by atoms with Crippen molar-refractivity contribution in [1.82, 2.24) is 9.55 Å². The highest BCUT2D eigenvalue weighted by Crippen LogP contribution is 2.19. The molecule has 0 atom stereocenters. The number of aryl methyl sites for hydroxylation is 1. The molecule has 31 heavy (non-hydrogen) atoms. The summed E-state index contributed by atoms with van der Waals surface area (Å²) in [6.45, 7) is -0.108. The summed E-state index contributed by atoms with van der Waals surface area (Å²) in [5.41, 5.74) is -0.263. The van der Waals surface area contributed by atoms with Gasteiger partial charge in [0.05, 0.1) is 16.5 Å². The normalized spacial score (nSPS) is 13.4. The lowest BCUT2D eigenvalue weighted by Crippen LogP contribution is -2.25. The number of amides is 1. The number of hydrogen-bond donors (Lipinski definition) is 1. The fourth-order valence-corrected chi connectivity index (χ4v) is 3.55. The number of carbonyl (C=O) groups is 2. The zero-order valence-corrected chi connectivity index (χ0v) is 16.5. The van der Waals surface area contributed by atoms with Gasteiger partial charge in [-0.25, -0.2) is 18.6 Å². The molecule has 0 fully saturated rings. The number of fused-ring (bicyclic) bond motifs is 2. The molecule has 9 heteroatoms. The lowest BCUT2D eigenvalue weighted by atomic mass is 10.1. The second-order valence-electron chi connectivity index (χ2n) is 7.25. The number of carbonyl (C=O) groups excluding carboxylic acids is 2. The van der Waals surface area contributed by atoms with Crippen molar-refractivity contribution in [2.24, 2.45) is 0 Å². The molecule has 0 unspecified atom stereocenters. The average molecular weight is 427 g/mol. The molecule has 1 aliphatic heterocycles. The number of ether oxygens (including phenoxy) is 1. The van der Waals surface area contributed by atoms with Crippen molar-refractivity contribution in [3.63, 3.8) is 0 Å². The maximum absolute atomic E-state index is 13.6. The molecule has 2 aromatic carbocycles. The van der Waals surface area contributed by atoms with Crippen LogP contribution in [0.3, 0.4) is 0 Å². The minimum absolute atomic E-state index is 0.114. The Labute approximate surface area is 175 Å². The number of nitrogens with zero attached hydrogens (tertiary/aromatic N) is 2. The number of benzene rings is 2. The minimum Gasteiger partial charge on any atom is -0.452 e. The van der Waals surface area contributed by atoms with Crippen molar-refractivity contribution in [2.45, 2.75) is 32.2 Å². The van der Waals surface area contributed by atoms with Crippen LogP contribution in [0, 0.1) is 11.6 Å². The van der Waals surface area contributed by atoms with Gasteiger partial charge in [0, 0.05) is 13.0 Å². The largest absolute Gasteiger partial charge is 0.452 e. The quantitative estimate of drug-likeness (QED) is 0.646. The number of aromatic nitrogens is 2. The topological polar surface area (TPSA) is 90.3 Å². The van der Waals surface area contributed by atoms with Crippen LogP contribution in [-0.2, 0) is 22.5 Å². The fraction of sp³-hybridized carbons (Fsp3) is 0.273. The highest BCUT2D eigenvalue weighted by Gasteiger charge is 2.17. The van der Waals surface area contributed by atoms with Gasteiger partial charge in [0.1, 0.15) is 23.1 Å². The first-order chi connectivity index (χ1) is 14.9. The number of rotatable bonds is 4. The second-order valence-corrected chi connectivity index (χ2v) is 7.25. The molecule has 2 heterocycles. The Bertz CT molecular complexity index is 1220. The Morgan fingerprint density at radius 3 is 2.65 bits per heavy atom. The van der Waals surface area contributed by atoms with E-state index in [1.54, 1.807) is 4.57 Å². The highest BCUT2D eigenvalue weighted by atomic mass is 19.1. The molecule has 1 N–H and O–H groups in total. The van der Waals surface area contributed by atoms with E-state index >= 15 is 0 Å². The Morgan fingerprint density at radius 2 is 1.87 bits per heavy atom. The molecule has 7 nitrogen and oxygen atoms in total. The summed E-state index contributed by atoms with van der Waals surface area (Å²) >= 11 is 0. The van der Waals surface area contributed by atoms with E-state index in [1.807, 2.05) is 5.32 Å². The smallest absolute Gasteiger partial charge is 0.338 e. The number of esters is 1. The number of halogens is 2. The summed E-state index contributed by atoms with van der Waals surface area (Å²) in [6, 6.07) is 7.53. The van der Waals surface area contributed by atoms with Gasteiger partial charge in [0.2, 0.25) is 0 Å². The van der Waals surface area contributed by atoms with Crippen molar-refractivity contribution in [1.29, 1.82) is 0 Å². The second kappa shape index (κ2) is 8.63. The van der Waals surface area contributed by atoms with Crippen LogP contribution >= 0.6 is 0 Å². The zero-order chi connectivity index (χ0) is 22.0. The van der Waals surface area contributed by atoms with Gasteiger partial charge in [0.25, 0.3) is 11.5 Å². The van der Waals surface area contributed by atoms with E-state index in [9.17, 15) is 23.2 Å². The van der Waals surface area contributed by atoms with E-state index < -0.39 is 35.8 Å². The molecule has 0 saturated heterocycles. The lowest BCUT2D eigenvalue weighted by Gasteiger charge is -2.11. The molecule has 1 amide bonds. The highest BCUT2D eigenvalue weighted by molar-refractivity contribution is 5.97. The molecule has 0 bridgehead atoms. The Morgan fingerprint density at radius 1 is 1.10 bits per heavy atom. The van der Waals surface area contributed by atoms with Gasteiger partial charge >= 0.3 is 5.97 Å². The van der Waals surface area contributed by atoms with E-state index in [0.717, 1.165) is 31.4 Å². The van der Waals surface area contributed by atoms with Gasteiger partial charge in [0.15, 0.2) is 6.61 Å². The number of anilines is 1. The van der Waals surface area contributed by atoms with Crippen molar-refractivity contribution in [3.05, 3.63) is 69.8 Å². The summed E-state index contributed by atoms with van der Waals surface area (Å²) in [4.78, 5) is 41.6. The van der Waals surface area contributed by atoms with E-state index in [-0.39, 0.29) is 11.1 Å². The van der Waals surface area contributed by atoms with Gasteiger partial charge in [-0.2, -0.15) is 0 Å². The van der Waals surface area contributed by atoms with Crippen LogP contribution in [0.15, 0.2) is 41.2 Å². The summed E-state index contributed by atoms with van der Waals surface area (Å²) in [6.07, 6.45) is 3.57. The van der Waals surface area contributed by atoms with Crippen molar-refractivity contribution in [2.75, 3.05) is 11.9 Å². The molecule has 0 spiro atoms. The molecule has 0 aliphatic carbocycles. The first kappa shape index (κ1) is 20.6. The van der Waals surface area contributed by atoms with Crippen molar-refractivity contribution < 1.29 is 23.1 Å². The summed E-state index contributed by atoms with van der Waals surface area (Å²) in [7, 11) is 0. The molecule has 1 aliphatic rings. The maximum Gasteiger partial charge on any atom is 0.338 e. The maximum atomic E-state index is 13.6. The van der Waals surface area contributed by atoms with Crippen LogP contribution in [0.2, 0.25) is 0 Å². The average Bonchev–Trinajstić information content (AvgIpc) is 3.00. The Hall–Kier alpha value is -3.62. The van der Waals surface area contributed by atoms with E-state index in [0.29, 0.717) is 29.7 Å². The summed E-state index contributed by atoms with van der Waals surface area (Å²) in [5.74, 6) is -2.90. The van der Waals surface area contributed by atoms with Crippen molar-refractivity contribution in [3.8, 4) is 0 Å². The molecule has 3 aromatic rings. The number of para-hydroxylation sites is 1. The number of nitrogens with one attached hydrogen (secondary N) is 1. The molecular formula is C22H19F2N3O4. The van der Waals surface area contributed by atoms with Crippen LogP contribution in [0.25, 0.3) is 10.9 Å². The molecule has 0 radical (unpaired) electrons. The summed E-state index contributed by atoms with van der Waals surface area (Å²) < 4.78 is 33.8. The van der Waals surface area contributed by atoms with Gasteiger partial charge in [-0.1, -0.05) is 12.5 Å². The predicted octanol–water partition coefficient (Wildman–Crippen LogP) is 3.20. The SMILES string of the molecule is O=C(COC(=O)c1ccc2c(=O)n3c(nc2c1)CCCCC3)Nc1c(F)cccc1F. The Balaban J connectivity index is 1.49. The van der Waals surface area contributed by atoms with Crippen LogP contribution in [0.5, 0.6) is 0 Å². The molecule has 4 rings (SSSR count). The first-order valence-electron chi connectivity index (χ1n) is 9.88. The fourth-order valence-electron chi connectivity index (χ4n) is 3.55.